The molecular formula is C11H19NO5. The van der Waals surface area contributed by atoms with E-state index < -0.39 is 18.2 Å². The van der Waals surface area contributed by atoms with Crippen molar-refractivity contribution in [1.82, 2.24) is 5.48 Å². The molecule has 0 radical (unpaired) electrons. The first-order valence-electron chi connectivity index (χ1n) is 5.52. The van der Waals surface area contributed by atoms with Crippen molar-refractivity contribution in [3.05, 3.63) is 11.6 Å². The minimum absolute atomic E-state index is 0.259. The molecule has 0 aromatic heterocycles. The van der Waals surface area contributed by atoms with E-state index >= 15 is 0 Å². The van der Waals surface area contributed by atoms with Crippen molar-refractivity contribution in [3.63, 3.8) is 0 Å². The molecule has 98 valence electrons. The highest BCUT2D eigenvalue weighted by Gasteiger charge is 2.09. The molecule has 0 bridgehead atoms. The Morgan fingerprint density at radius 3 is 2.65 bits per heavy atom. The van der Waals surface area contributed by atoms with Crippen molar-refractivity contribution in [1.29, 1.82) is 0 Å². The molecule has 6 heteroatoms. The Kier molecular flexibility index (Phi) is 7.79. The van der Waals surface area contributed by atoms with Gasteiger partial charge < -0.3 is 15.1 Å². The number of aliphatic hydroxyl groups excluding tert-OH is 1. The van der Waals surface area contributed by atoms with Crippen LogP contribution in [0.25, 0.3) is 0 Å². The molecule has 0 aliphatic carbocycles. The molecule has 6 nitrogen and oxygen atoms in total. The molecule has 0 aliphatic rings. The average Bonchev–Trinajstić information content (AvgIpc) is 2.29. The number of hydrogen-bond acceptors (Lipinski definition) is 4. The highest BCUT2D eigenvalue weighted by molar-refractivity contribution is 5.88. The quantitative estimate of drug-likeness (QED) is 0.488. The normalized spacial score (nSPS) is 13.0. The van der Waals surface area contributed by atoms with Crippen molar-refractivity contribution in [2.45, 2.75) is 45.6 Å². The second kappa shape index (κ2) is 8.58. The number of hydroxylamine groups is 1. The second-order valence-electron chi connectivity index (χ2n) is 3.72. The number of amides is 1. The maximum atomic E-state index is 11.2. The maximum absolute atomic E-state index is 11.2. The molecule has 0 fully saturated rings. The van der Waals surface area contributed by atoms with Gasteiger partial charge in [-0.15, -0.1) is 5.48 Å². The lowest BCUT2D eigenvalue weighted by Crippen LogP contribution is -2.25. The van der Waals surface area contributed by atoms with Gasteiger partial charge in [-0.05, 0) is 19.8 Å². The zero-order valence-corrected chi connectivity index (χ0v) is 10.1. The molecule has 0 saturated carbocycles. The summed E-state index contributed by atoms with van der Waals surface area (Å²) in [6.45, 7) is 3.53. The maximum Gasteiger partial charge on any atom is 0.438 e. The molecule has 0 rings (SSSR count). The second-order valence-corrected chi connectivity index (χ2v) is 3.72. The smallest absolute Gasteiger partial charge is 0.438 e. The summed E-state index contributed by atoms with van der Waals surface area (Å²) < 4.78 is 0. The summed E-state index contributed by atoms with van der Waals surface area (Å²) in [5.41, 5.74) is 1.77. The lowest BCUT2D eigenvalue weighted by molar-refractivity contribution is -0.144. The monoisotopic (exact) mass is 245 g/mol. The van der Waals surface area contributed by atoms with Gasteiger partial charge in [0.2, 0.25) is 0 Å². The lowest BCUT2D eigenvalue weighted by Gasteiger charge is -2.07. The molecule has 0 aromatic rings. The topological polar surface area (TPSA) is 95.9 Å². The van der Waals surface area contributed by atoms with Crippen LogP contribution in [0, 0.1) is 0 Å². The highest BCUT2D eigenvalue weighted by atomic mass is 16.7. The molecule has 0 heterocycles. The fourth-order valence-electron chi connectivity index (χ4n) is 1.12. The molecule has 0 spiro atoms. The number of aliphatic hydroxyl groups is 1. The van der Waals surface area contributed by atoms with Gasteiger partial charge in [0, 0.05) is 5.57 Å². The first kappa shape index (κ1) is 15.4. The standard InChI is InChI=1S/C11H19NO5/c1-3-4-5-9(13)7-6-8(2)10(14)17-12-11(15)16/h6,9,12-13H,3-5,7H2,1-2H3,(H,15,16). The number of rotatable bonds is 6. The fraction of sp³-hybridized carbons (Fsp3) is 0.636. The molecule has 1 atom stereocenters. The summed E-state index contributed by atoms with van der Waals surface area (Å²) in [5, 5.41) is 17.7. The van der Waals surface area contributed by atoms with Gasteiger partial charge in [0.25, 0.3) is 0 Å². The highest BCUT2D eigenvalue weighted by Crippen LogP contribution is 2.07. The number of carbonyl (C=O) groups is 2. The first-order chi connectivity index (χ1) is 7.97. The van der Waals surface area contributed by atoms with E-state index in [2.05, 4.69) is 4.84 Å². The van der Waals surface area contributed by atoms with Gasteiger partial charge in [-0.1, -0.05) is 25.8 Å². The van der Waals surface area contributed by atoms with Crippen molar-refractivity contribution < 1.29 is 24.6 Å². The van der Waals surface area contributed by atoms with Crippen LogP contribution in [0.4, 0.5) is 4.79 Å². The van der Waals surface area contributed by atoms with E-state index in [4.69, 9.17) is 5.11 Å². The zero-order chi connectivity index (χ0) is 13.3. The average molecular weight is 245 g/mol. The third kappa shape index (κ3) is 8.27. The van der Waals surface area contributed by atoms with E-state index in [0.717, 1.165) is 12.8 Å². The van der Waals surface area contributed by atoms with Gasteiger partial charge in [0.1, 0.15) is 0 Å². The van der Waals surface area contributed by atoms with Crippen LogP contribution in [0.2, 0.25) is 0 Å². The van der Waals surface area contributed by atoms with Crippen LogP contribution < -0.4 is 5.48 Å². The Hall–Kier alpha value is -1.56. The van der Waals surface area contributed by atoms with Gasteiger partial charge in [0.05, 0.1) is 6.10 Å². The van der Waals surface area contributed by atoms with Gasteiger partial charge in [-0.25, -0.2) is 9.59 Å². The molecule has 0 aromatic carbocycles. The van der Waals surface area contributed by atoms with Gasteiger partial charge in [-0.3, -0.25) is 0 Å². The Morgan fingerprint density at radius 1 is 1.47 bits per heavy atom. The van der Waals surface area contributed by atoms with Crippen molar-refractivity contribution >= 4 is 12.1 Å². The Labute approximate surface area is 100 Å². The Bertz CT molecular complexity index is 288. The predicted molar refractivity (Wildman–Crippen MR) is 61.2 cm³/mol. The third-order valence-corrected chi connectivity index (χ3v) is 2.14. The van der Waals surface area contributed by atoms with E-state index in [1.807, 2.05) is 6.92 Å². The van der Waals surface area contributed by atoms with Gasteiger partial charge >= 0.3 is 12.1 Å². The summed E-state index contributed by atoms with van der Waals surface area (Å²) in [4.78, 5) is 25.5. The largest absolute Gasteiger partial charge is 0.463 e. The van der Waals surface area contributed by atoms with Gasteiger partial charge in [0.15, 0.2) is 0 Å². The molecule has 1 unspecified atom stereocenters. The first-order valence-corrected chi connectivity index (χ1v) is 5.52. The van der Waals surface area contributed by atoms with E-state index in [9.17, 15) is 14.7 Å². The number of carboxylic acid groups (broad SMARTS) is 1. The van der Waals surface area contributed by atoms with Crippen molar-refractivity contribution in [2.75, 3.05) is 0 Å². The lowest BCUT2D eigenvalue weighted by atomic mass is 10.1. The predicted octanol–water partition coefficient (Wildman–Crippen LogP) is 1.60. The van der Waals surface area contributed by atoms with Crippen LogP contribution in [-0.2, 0) is 9.63 Å². The number of nitrogens with one attached hydrogen (secondary N) is 1. The fourth-order valence-corrected chi connectivity index (χ4v) is 1.12. The number of unbranched alkanes of at least 4 members (excludes halogenated alkanes) is 1. The summed E-state index contributed by atoms with van der Waals surface area (Å²) in [6.07, 6.45) is 2.59. The molecule has 0 aliphatic heterocycles. The van der Waals surface area contributed by atoms with E-state index in [1.165, 1.54) is 18.5 Å². The van der Waals surface area contributed by atoms with Crippen LogP contribution in [0.3, 0.4) is 0 Å². The third-order valence-electron chi connectivity index (χ3n) is 2.14. The number of carbonyl (C=O) groups excluding carboxylic acids is 1. The van der Waals surface area contributed by atoms with Gasteiger partial charge in [-0.2, -0.15) is 0 Å². The van der Waals surface area contributed by atoms with E-state index in [0.29, 0.717) is 12.8 Å². The zero-order valence-electron chi connectivity index (χ0n) is 10.1. The molecule has 0 saturated heterocycles. The number of hydrogen-bond donors (Lipinski definition) is 3. The van der Waals surface area contributed by atoms with Crippen molar-refractivity contribution in [2.24, 2.45) is 0 Å². The Balaban J connectivity index is 3.98. The molecule has 17 heavy (non-hydrogen) atoms. The molecular weight excluding hydrogens is 226 g/mol. The van der Waals surface area contributed by atoms with Crippen LogP contribution in [0.15, 0.2) is 11.6 Å². The minimum Gasteiger partial charge on any atom is -0.463 e. The summed E-state index contributed by atoms with van der Waals surface area (Å²) in [5.74, 6) is -0.768. The summed E-state index contributed by atoms with van der Waals surface area (Å²) >= 11 is 0. The SMILES string of the molecule is CCCCC(O)CC=C(C)C(=O)ONC(=O)O. The van der Waals surface area contributed by atoms with E-state index in [1.54, 1.807) is 0 Å². The van der Waals surface area contributed by atoms with E-state index in [-0.39, 0.29) is 5.57 Å². The van der Waals surface area contributed by atoms with Crippen LogP contribution in [0.5, 0.6) is 0 Å². The Morgan fingerprint density at radius 2 is 2.12 bits per heavy atom. The van der Waals surface area contributed by atoms with Crippen LogP contribution in [0.1, 0.15) is 39.5 Å². The van der Waals surface area contributed by atoms with Crippen molar-refractivity contribution in [3.8, 4) is 0 Å². The molecule has 1 amide bonds. The van der Waals surface area contributed by atoms with Crippen LogP contribution in [-0.4, -0.2) is 28.4 Å². The molecule has 3 N–H and O–H groups in total. The summed E-state index contributed by atoms with van der Waals surface area (Å²) in [7, 11) is 0. The summed E-state index contributed by atoms with van der Waals surface area (Å²) in [6, 6.07) is 0. The minimum atomic E-state index is -1.44. The van der Waals surface area contributed by atoms with Crippen LogP contribution >= 0.6 is 0 Å².